The molecule has 0 spiro atoms. The Kier molecular flexibility index (Phi) is 5.88. The van der Waals surface area contributed by atoms with Crippen molar-refractivity contribution in [3.63, 3.8) is 0 Å². The summed E-state index contributed by atoms with van der Waals surface area (Å²) < 4.78 is 39.4. The highest BCUT2D eigenvalue weighted by atomic mass is 31.1. The van der Waals surface area contributed by atoms with Crippen LogP contribution < -0.4 is 0 Å². The molecule has 0 nitrogen and oxygen atoms in total. The summed E-state index contributed by atoms with van der Waals surface area (Å²) in [4.78, 5) is 0. The van der Waals surface area contributed by atoms with Crippen molar-refractivity contribution in [3.05, 3.63) is 107 Å². The Bertz CT molecular complexity index is 683. The van der Waals surface area contributed by atoms with Crippen LogP contribution in [0.25, 0.3) is 0 Å². The lowest BCUT2D eigenvalue weighted by atomic mass is 10.2. The maximum Gasteiger partial charge on any atom is 0.123 e. The summed E-state index contributed by atoms with van der Waals surface area (Å²) in [6, 6.07) is 19.7. The van der Waals surface area contributed by atoms with Gasteiger partial charge in [0.05, 0.1) is 0 Å². The molecule has 0 saturated carbocycles. The molecule has 3 rings (SSSR count). The maximum atomic E-state index is 13.1. The lowest BCUT2D eigenvalue weighted by Gasteiger charge is -2.18. The lowest BCUT2D eigenvalue weighted by molar-refractivity contribution is 0.627. The van der Waals surface area contributed by atoms with Gasteiger partial charge in [-0.1, -0.05) is 44.3 Å². The summed E-state index contributed by atoms with van der Waals surface area (Å²) >= 11 is 0. The fraction of sp³-hybridized carbons (Fsp3) is 0.143. The molecule has 0 radical (unpaired) electrons. The van der Waals surface area contributed by atoms with Crippen LogP contribution in [0.4, 0.5) is 13.2 Å². The molecule has 0 unspecified atom stereocenters. The molecule has 0 heterocycles. The van der Waals surface area contributed by atoms with Crippen LogP contribution in [0, 0.1) is 17.5 Å². The molecule has 3 aromatic carbocycles. The molecule has 0 fully saturated rings. The fourth-order valence-corrected chi connectivity index (χ4v) is 5.23. The first kappa shape index (κ1) is 17.7. The van der Waals surface area contributed by atoms with Crippen molar-refractivity contribution in [1.29, 1.82) is 0 Å². The Labute approximate surface area is 147 Å². The molecule has 0 N–H and O–H groups in total. The smallest absolute Gasteiger partial charge is 0.123 e. The summed E-state index contributed by atoms with van der Waals surface area (Å²) in [7, 11) is -0.486. The Morgan fingerprint density at radius 2 is 0.680 bits per heavy atom. The van der Waals surface area contributed by atoms with Crippen molar-refractivity contribution < 1.29 is 13.2 Å². The van der Waals surface area contributed by atoms with Crippen LogP contribution in [0.15, 0.2) is 72.8 Å². The van der Waals surface area contributed by atoms with E-state index < -0.39 is 7.92 Å². The molecule has 128 valence electrons. The summed E-state index contributed by atoms with van der Waals surface area (Å²) in [5.74, 6) is -0.736. The van der Waals surface area contributed by atoms with E-state index in [0.717, 1.165) is 35.2 Å². The van der Waals surface area contributed by atoms with Gasteiger partial charge in [0.2, 0.25) is 0 Å². The number of halogens is 3. The summed E-state index contributed by atoms with van der Waals surface area (Å²) in [5.41, 5.74) is 3.24. The Morgan fingerprint density at radius 3 is 0.920 bits per heavy atom. The molecule has 0 aromatic heterocycles. The van der Waals surface area contributed by atoms with Crippen LogP contribution in [0.3, 0.4) is 0 Å². The second-order valence-corrected chi connectivity index (χ2v) is 8.31. The Hall–Kier alpha value is -2.12. The predicted octanol–water partition coefficient (Wildman–Crippen LogP) is 6.49. The van der Waals surface area contributed by atoms with Crippen molar-refractivity contribution in [3.8, 4) is 0 Å². The standard InChI is InChI=1S/C21H18F3P/c22-19-7-1-16(2-8-19)13-25(14-17-3-9-20(23)10-4-17)15-18-5-11-21(24)12-6-18/h1-12H,13-15H2. The van der Waals surface area contributed by atoms with Crippen molar-refractivity contribution in [1.82, 2.24) is 0 Å². The van der Waals surface area contributed by atoms with Crippen molar-refractivity contribution in [2.45, 2.75) is 18.5 Å². The predicted molar refractivity (Wildman–Crippen MR) is 97.2 cm³/mol. The second kappa shape index (κ2) is 8.31. The highest BCUT2D eigenvalue weighted by molar-refractivity contribution is 7.55. The molecule has 0 amide bonds. The largest absolute Gasteiger partial charge is 0.207 e. The third-order valence-electron chi connectivity index (χ3n) is 3.96. The minimum atomic E-state index is -0.486. The molecule has 25 heavy (non-hydrogen) atoms. The molecule has 3 aromatic rings. The van der Waals surface area contributed by atoms with Crippen LogP contribution in [0.5, 0.6) is 0 Å². The van der Waals surface area contributed by atoms with Gasteiger partial charge in [0.1, 0.15) is 17.5 Å². The van der Waals surface area contributed by atoms with Gasteiger partial charge in [-0.05, 0) is 71.6 Å². The first-order valence-electron chi connectivity index (χ1n) is 8.04. The van der Waals surface area contributed by atoms with E-state index in [2.05, 4.69) is 0 Å². The van der Waals surface area contributed by atoms with E-state index in [4.69, 9.17) is 0 Å². The van der Waals surface area contributed by atoms with Gasteiger partial charge in [-0.3, -0.25) is 0 Å². The molecule has 0 aliphatic carbocycles. The Balaban J connectivity index is 1.77. The molecule has 0 saturated heterocycles. The van der Waals surface area contributed by atoms with E-state index in [1.54, 1.807) is 36.4 Å². The zero-order valence-electron chi connectivity index (χ0n) is 13.6. The van der Waals surface area contributed by atoms with E-state index in [9.17, 15) is 13.2 Å². The van der Waals surface area contributed by atoms with Crippen LogP contribution in [0.1, 0.15) is 16.7 Å². The third kappa shape index (κ3) is 5.44. The van der Waals surface area contributed by atoms with Gasteiger partial charge in [-0.15, -0.1) is 0 Å². The van der Waals surface area contributed by atoms with Crippen molar-refractivity contribution in [2.75, 3.05) is 0 Å². The van der Waals surface area contributed by atoms with Crippen LogP contribution >= 0.6 is 7.92 Å². The van der Waals surface area contributed by atoms with E-state index in [1.165, 1.54) is 36.4 Å². The zero-order chi connectivity index (χ0) is 17.6. The number of rotatable bonds is 6. The maximum absolute atomic E-state index is 13.1. The SMILES string of the molecule is Fc1ccc(CP(Cc2ccc(F)cc2)Cc2ccc(F)cc2)cc1. The third-order valence-corrected chi connectivity index (χ3v) is 6.40. The van der Waals surface area contributed by atoms with Gasteiger partial charge in [-0.2, -0.15) is 0 Å². The molecule has 0 bridgehead atoms. The van der Waals surface area contributed by atoms with Crippen LogP contribution in [-0.4, -0.2) is 0 Å². The molecule has 4 heteroatoms. The van der Waals surface area contributed by atoms with Crippen molar-refractivity contribution in [2.24, 2.45) is 0 Å². The monoisotopic (exact) mass is 358 g/mol. The van der Waals surface area contributed by atoms with Gasteiger partial charge in [0, 0.05) is 0 Å². The Morgan fingerprint density at radius 1 is 0.440 bits per heavy atom. The summed E-state index contributed by atoms with van der Waals surface area (Å²) in [5, 5.41) is 0. The second-order valence-electron chi connectivity index (χ2n) is 6.02. The number of hydrogen-bond donors (Lipinski definition) is 0. The molecule has 0 aliphatic rings. The van der Waals surface area contributed by atoms with Crippen LogP contribution in [0.2, 0.25) is 0 Å². The van der Waals surface area contributed by atoms with Gasteiger partial charge in [0.25, 0.3) is 0 Å². The first-order valence-corrected chi connectivity index (χ1v) is 9.94. The zero-order valence-corrected chi connectivity index (χ0v) is 14.5. The molecular weight excluding hydrogens is 340 g/mol. The highest BCUT2D eigenvalue weighted by Gasteiger charge is 2.12. The highest BCUT2D eigenvalue weighted by Crippen LogP contribution is 2.46. The van der Waals surface area contributed by atoms with Crippen LogP contribution in [-0.2, 0) is 18.5 Å². The van der Waals surface area contributed by atoms with Gasteiger partial charge in [0.15, 0.2) is 0 Å². The van der Waals surface area contributed by atoms with E-state index in [-0.39, 0.29) is 17.5 Å². The van der Waals surface area contributed by atoms with Crippen molar-refractivity contribution >= 4 is 7.92 Å². The van der Waals surface area contributed by atoms with E-state index >= 15 is 0 Å². The van der Waals surface area contributed by atoms with E-state index in [1.807, 2.05) is 0 Å². The molecule has 0 aliphatic heterocycles. The minimum Gasteiger partial charge on any atom is -0.207 e. The summed E-state index contributed by atoms with van der Waals surface area (Å²) in [6.45, 7) is 0. The average molecular weight is 358 g/mol. The minimum absolute atomic E-state index is 0.245. The summed E-state index contributed by atoms with van der Waals surface area (Å²) in [6.07, 6.45) is 2.51. The van der Waals surface area contributed by atoms with Gasteiger partial charge in [-0.25, -0.2) is 13.2 Å². The number of hydrogen-bond acceptors (Lipinski definition) is 0. The quantitative estimate of drug-likeness (QED) is 0.442. The van der Waals surface area contributed by atoms with Gasteiger partial charge < -0.3 is 0 Å². The topological polar surface area (TPSA) is 0 Å². The normalized spacial score (nSPS) is 11.0. The lowest BCUT2D eigenvalue weighted by Crippen LogP contribution is -1.94. The average Bonchev–Trinajstić information content (AvgIpc) is 2.61. The first-order chi connectivity index (χ1) is 12.1. The number of benzene rings is 3. The van der Waals surface area contributed by atoms with E-state index in [0.29, 0.717) is 0 Å². The fourth-order valence-electron chi connectivity index (χ4n) is 2.71. The van der Waals surface area contributed by atoms with Gasteiger partial charge >= 0.3 is 0 Å². The molecule has 0 atom stereocenters. The molecular formula is C21H18F3P.